The van der Waals surface area contributed by atoms with Crippen molar-refractivity contribution >= 4 is 5.78 Å². The first-order valence-electron chi connectivity index (χ1n) is 5.99. The van der Waals surface area contributed by atoms with Gasteiger partial charge in [0.1, 0.15) is 5.78 Å². The average molecular weight is 213 g/mol. The van der Waals surface area contributed by atoms with Gasteiger partial charge in [0.05, 0.1) is 0 Å². The SMILES string of the molecule is CC(C)CC(CN)C(=O)CCC(C)(C)C. The molecular weight excluding hydrogens is 186 g/mol. The molecule has 0 rings (SSSR count). The summed E-state index contributed by atoms with van der Waals surface area (Å²) in [6.07, 6.45) is 2.57. The number of rotatable bonds is 6. The van der Waals surface area contributed by atoms with Crippen LogP contribution in [0.2, 0.25) is 0 Å². The Labute approximate surface area is 94.6 Å². The molecule has 0 spiro atoms. The van der Waals surface area contributed by atoms with E-state index in [-0.39, 0.29) is 11.3 Å². The van der Waals surface area contributed by atoms with Crippen LogP contribution >= 0.6 is 0 Å². The lowest BCUT2D eigenvalue weighted by atomic mass is 9.85. The van der Waals surface area contributed by atoms with Gasteiger partial charge in [0, 0.05) is 18.9 Å². The molecule has 0 bridgehead atoms. The molecule has 0 amide bonds. The molecule has 0 aliphatic heterocycles. The lowest BCUT2D eigenvalue weighted by molar-refractivity contribution is -0.123. The molecule has 0 aliphatic rings. The van der Waals surface area contributed by atoms with Gasteiger partial charge in [-0.1, -0.05) is 34.6 Å². The van der Waals surface area contributed by atoms with Crippen LogP contribution in [0.5, 0.6) is 0 Å². The second-order valence-corrected chi connectivity index (χ2v) is 6.09. The van der Waals surface area contributed by atoms with E-state index in [2.05, 4.69) is 34.6 Å². The van der Waals surface area contributed by atoms with E-state index >= 15 is 0 Å². The topological polar surface area (TPSA) is 43.1 Å². The van der Waals surface area contributed by atoms with E-state index in [1.54, 1.807) is 0 Å². The van der Waals surface area contributed by atoms with Gasteiger partial charge < -0.3 is 5.73 Å². The minimum absolute atomic E-state index is 0.0762. The van der Waals surface area contributed by atoms with Crippen molar-refractivity contribution in [2.45, 2.75) is 53.9 Å². The molecule has 0 fully saturated rings. The molecule has 0 aliphatic carbocycles. The summed E-state index contributed by atoms with van der Waals surface area (Å²) in [6.45, 7) is 11.3. The highest BCUT2D eigenvalue weighted by molar-refractivity contribution is 5.81. The zero-order valence-electron chi connectivity index (χ0n) is 11.0. The van der Waals surface area contributed by atoms with Crippen LogP contribution in [0, 0.1) is 17.3 Å². The van der Waals surface area contributed by atoms with E-state index in [1.165, 1.54) is 0 Å². The smallest absolute Gasteiger partial charge is 0.137 e. The van der Waals surface area contributed by atoms with Crippen LogP contribution in [0.1, 0.15) is 53.9 Å². The van der Waals surface area contributed by atoms with Gasteiger partial charge in [-0.05, 0) is 24.2 Å². The molecule has 90 valence electrons. The van der Waals surface area contributed by atoms with Crippen molar-refractivity contribution < 1.29 is 4.79 Å². The number of nitrogens with two attached hydrogens (primary N) is 1. The fourth-order valence-electron chi connectivity index (χ4n) is 1.63. The number of hydrogen-bond donors (Lipinski definition) is 1. The highest BCUT2D eigenvalue weighted by Crippen LogP contribution is 2.23. The maximum absolute atomic E-state index is 11.9. The predicted molar refractivity (Wildman–Crippen MR) is 65.7 cm³/mol. The Hall–Kier alpha value is -0.370. The van der Waals surface area contributed by atoms with Crippen molar-refractivity contribution in [3.8, 4) is 0 Å². The largest absolute Gasteiger partial charge is 0.330 e. The second-order valence-electron chi connectivity index (χ2n) is 6.09. The van der Waals surface area contributed by atoms with Crippen molar-refractivity contribution in [2.24, 2.45) is 23.0 Å². The highest BCUT2D eigenvalue weighted by Gasteiger charge is 2.20. The van der Waals surface area contributed by atoms with Crippen LogP contribution in [0.25, 0.3) is 0 Å². The molecule has 0 aromatic carbocycles. The maximum Gasteiger partial charge on any atom is 0.137 e. The van der Waals surface area contributed by atoms with Gasteiger partial charge in [0.2, 0.25) is 0 Å². The van der Waals surface area contributed by atoms with E-state index in [4.69, 9.17) is 5.73 Å². The Balaban J connectivity index is 4.05. The number of carbonyl (C=O) groups excluding carboxylic acids is 1. The Morgan fingerprint density at radius 1 is 1.27 bits per heavy atom. The van der Waals surface area contributed by atoms with Crippen LogP contribution in [0.15, 0.2) is 0 Å². The van der Waals surface area contributed by atoms with E-state index in [1.807, 2.05) is 0 Å². The molecule has 0 saturated heterocycles. The molecule has 1 unspecified atom stereocenters. The summed E-state index contributed by atoms with van der Waals surface area (Å²) in [5, 5.41) is 0. The van der Waals surface area contributed by atoms with Crippen molar-refractivity contribution in [2.75, 3.05) is 6.54 Å². The summed E-state index contributed by atoms with van der Waals surface area (Å²) in [4.78, 5) is 11.9. The molecular formula is C13H27NO. The zero-order chi connectivity index (χ0) is 12.1. The molecule has 1 atom stereocenters. The first-order valence-corrected chi connectivity index (χ1v) is 5.99. The minimum Gasteiger partial charge on any atom is -0.330 e. The van der Waals surface area contributed by atoms with E-state index in [0.29, 0.717) is 24.7 Å². The zero-order valence-corrected chi connectivity index (χ0v) is 11.0. The average Bonchev–Trinajstić information content (AvgIpc) is 2.08. The number of hydrogen-bond acceptors (Lipinski definition) is 2. The molecule has 2 nitrogen and oxygen atoms in total. The van der Waals surface area contributed by atoms with Gasteiger partial charge in [-0.2, -0.15) is 0 Å². The molecule has 2 heteroatoms. The predicted octanol–water partition coefficient (Wildman–Crippen LogP) is 3.00. The monoisotopic (exact) mass is 213 g/mol. The van der Waals surface area contributed by atoms with Crippen molar-refractivity contribution in [3.63, 3.8) is 0 Å². The van der Waals surface area contributed by atoms with Crippen molar-refractivity contribution in [1.29, 1.82) is 0 Å². The van der Waals surface area contributed by atoms with Gasteiger partial charge >= 0.3 is 0 Å². The number of carbonyl (C=O) groups is 1. The summed E-state index contributed by atoms with van der Waals surface area (Å²) in [7, 11) is 0. The normalized spacial score (nSPS) is 14.3. The second kappa shape index (κ2) is 6.26. The summed E-state index contributed by atoms with van der Waals surface area (Å²) in [5.41, 5.74) is 5.88. The van der Waals surface area contributed by atoms with Gasteiger partial charge in [-0.3, -0.25) is 4.79 Å². The van der Waals surface area contributed by atoms with Crippen LogP contribution in [-0.4, -0.2) is 12.3 Å². The van der Waals surface area contributed by atoms with Crippen LogP contribution in [0.4, 0.5) is 0 Å². The molecule has 0 saturated carbocycles. The maximum atomic E-state index is 11.9. The Kier molecular flexibility index (Phi) is 6.11. The van der Waals surface area contributed by atoms with Gasteiger partial charge in [-0.25, -0.2) is 0 Å². The fourth-order valence-corrected chi connectivity index (χ4v) is 1.63. The standard InChI is InChI=1S/C13H27NO/c1-10(2)8-11(9-14)12(15)6-7-13(3,4)5/h10-11H,6-9,14H2,1-5H3. The summed E-state index contributed by atoms with van der Waals surface area (Å²) in [5.74, 6) is 0.977. The quantitative estimate of drug-likeness (QED) is 0.737. The fraction of sp³-hybridized carbons (Fsp3) is 0.923. The van der Waals surface area contributed by atoms with Crippen LogP contribution in [0.3, 0.4) is 0 Å². The van der Waals surface area contributed by atoms with Gasteiger partial charge in [-0.15, -0.1) is 0 Å². The van der Waals surface area contributed by atoms with Crippen LogP contribution < -0.4 is 5.73 Å². The molecule has 0 aromatic rings. The third-order valence-electron chi connectivity index (χ3n) is 2.62. The molecule has 0 heterocycles. The minimum atomic E-state index is 0.0762. The first-order chi connectivity index (χ1) is 6.76. The Morgan fingerprint density at radius 3 is 2.13 bits per heavy atom. The number of ketones is 1. The Bertz CT molecular complexity index is 191. The van der Waals surface area contributed by atoms with E-state index in [0.717, 1.165) is 12.8 Å². The number of Topliss-reactive ketones (excluding diaryl/α,β-unsaturated/α-hetero) is 1. The molecule has 0 aromatic heterocycles. The molecule has 15 heavy (non-hydrogen) atoms. The molecule has 2 N–H and O–H groups in total. The lowest BCUT2D eigenvalue weighted by Gasteiger charge is -2.20. The molecule has 0 radical (unpaired) electrons. The third kappa shape index (κ3) is 7.55. The van der Waals surface area contributed by atoms with Crippen molar-refractivity contribution in [1.82, 2.24) is 0 Å². The summed E-state index contributed by atoms with van der Waals surface area (Å²) >= 11 is 0. The lowest BCUT2D eigenvalue weighted by Crippen LogP contribution is -2.26. The first kappa shape index (κ1) is 14.6. The van der Waals surface area contributed by atoms with Crippen LogP contribution in [-0.2, 0) is 4.79 Å². The summed E-state index contributed by atoms with van der Waals surface area (Å²) in [6, 6.07) is 0. The third-order valence-corrected chi connectivity index (χ3v) is 2.62. The Morgan fingerprint density at radius 2 is 1.80 bits per heavy atom. The van der Waals surface area contributed by atoms with E-state index < -0.39 is 0 Å². The van der Waals surface area contributed by atoms with Crippen molar-refractivity contribution in [3.05, 3.63) is 0 Å². The van der Waals surface area contributed by atoms with Gasteiger partial charge in [0.25, 0.3) is 0 Å². The highest BCUT2D eigenvalue weighted by atomic mass is 16.1. The summed E-state index contributed by atoms with van der Waals surface area (Å²) < 4.78 is 0. The van der Waals surface area contributed by atoms with E-state index in [9.17, 15) is 4.79 Å². The van der Waals surface area contributed by atoms with Gasteiger partial charge in [0.15, 0.2) is 0 Å².